The first-order valence-electron chi connectivity index (χ1n) is 4.07. The summed E-state index contributed by atoms with van der Waals surface area (Å²) in [6.45, 7) is 4.67. The molecule has 12 heavy (non-hydrogen) atoms. The molecule has 5 heteroatoms. The molecule has 2 atom stereocenters. The zero-order chi connectivity index (χ0) is 8.98. The van der Waals surface area contributed by atoms with E-state index in [1.807, 2.05) is 13.8 Å². The third-order valence-electron chi connectivity index (χ3n) is 2.82. The number of hydrogen-bond donors (Lipinski definition) is 0. The third-order valence-corrected chi connectivity index (χ3v) is 5.16. The van der Waals surface area contributed by atoms with Gasteiger partial charge >= 0.3 is 0 Å². The first-order chi connectivity index (χ1) is 5.44. The predicted octanol–water partition coefficient (Wildman–Crippen LogP) is -0.191. The minimum absolute atomic E-state index is 0.237. The topological polar surface area (TPSA) is 46.6 Å². The second-order valence-electron chi connectivity index (χ2n) is 3.91. The van der Waals surface area contributed by atoms with Gasteiger partial charge in [-0.15, -0.1) is 0 Å². The molecule has 0 aromatic carbocycles. The van der Waals surface area contributed by atoms with Gasteiger partial charge in [0.15, 0.2) is 9.84 Å². The zero-order valence-electron chi connectivity index (χ0n) is 7.28. The second-order valence-corrected chi connectivity index (χ2v) is 6.21. The maximum atomic E-state index is 11.5. The smallest absolute Gasteiger partial charge is 0.158 e. The Morgan fingerprint density at radius 3 is 2.75 bits per heavy atom. The molecule has 2 heterocycles. The summed E-state index contributed by atoms with van der Waals surface area (Å²) in [5, 5.41) is 1.46. The van der Waals surface area contributed by atoms with E-state index < -0.39 is 9.84 Å². The average molecular weight is 191 g/mol. The predicted molar refractivity (Wildman–Crippen MR) is 44.3 cm³/mol. The first kappa shape index (κ1) is 8.47. The molecule has 0 spiro atoms. The van der Waals surface area contributed by atoms with Crippen LogP contribution in [0.15, 0.2) is 0 Å². The SMILES string of the molecule is CC1(C)C2CON1CCS2(=O)=O. The van der Waals surface area contributed by atoms with Crippen molar-refractivity contribution in [2.45, 2.75) is 24.6 Å². The second kappa shape index (κ2) is 2.21. The lowest BCUT2D eigenvalue weighted by Gasteiger charge is -2.36. The highest BCUT2D eigenvalue weighted by molar-refractivity contribution is 7.92. The summed E-state index contributed by atoms with van der Waals surface area (Å²) in [6.07, 6.45) is 0. The van der Waals surface area contributed by atoms with E-state index in [0.717, 1.165) is 0 Å². The summed E-state index contributed by atoms with van der Waals surface area (Å²) in [7, 11) is -2.91. The summed E-state index contributed by atoms with van der Waals surface area (Å²) in [4.78, 5) is 5.28. The lowest BCUT2D eigenvalue weighted by Crippen LogP contribution is -2.54. The summed E-state index contributed by atoms with van der Waals surface area (Å²) in [5.41, 5.74) is -0.336. The number of fused-ring (bicyclic) bond motifs is 2. The number of rotatable bonds is 0. The lowest BCUT2D eigenvalue weighted by molar-refractivity contribution is -0.151. The highest BCUT2D eigenvalue weighted by atomic mass is 32.2. The van der Waals surface area contributed by atoms with Crippen molar-refractivity contribution in [3.8, 4) is 0 Å². The Hall–Kier alpha value is -0.130. The largest absolute Gasteiger partial charge is 0.297 e. The molecule has 0 saturated carbocycles. The normalized spacial score (nSPS) is 42.8. The summed E-state index contributed by atoms with van der Waals surface area (Å²) >= 11 is 0. The van der Waals surface area contributed by atoms with E-state index >= 15 is 0 Å². The molecule has 4 nitrogen and oxygen atoms in total. The molecule has 0 aliphatic carbocycles. The number of hydrogen-bond acceptors (Lipinski definition) is 4. The molecule has 0 radical (unpaired) electrons. The lowest BCUT2D eigenvalue weighted by atomic mass is 10.0. The Balaban J connectivity index is 2.44. The van der Waals surface area contributed by atoms with Crippen LogP contribution < -0.4 is 0 Å². The van der Waals surface area contributed by atoms with Crippen LogP contribution in [0.1, 0.15) is 13.8 Å². The van der Waals surface area contributed by atoms with Crippen molar-refractivity contribution in [2.75, 3.05) is 18.9 Å². The van der Waals surface area contributed by atoms with Crippen LogP contribution >= 0.6 is 0 Å². The summed E-state index contributed by atoms with van der Waals surface area (Å²) in [6, 6.07) is 0. The van der Waals surface area contributed by atoms with E-state index in [2.05, 4.69) is 0 Å². The molecule has 2 bridgehead atoms. The van der Waals surface area contributed by atoms with Crippen molar-refractivity contribution >= 4 is 9.84 Å². The van der Waals surface area contributed by atoms with Crippen LogP contribution in [0.4, 0.5) is 0 Å². The zero-order valence-corrected chi connectivity index (χ0v) is 8.10. The van der Waals surface area contributed by atoms with Gasteiger partial charge in [0.1, 0.15) is 5.25 Å². The van der Waals surface area contributed by atoms with Crippen molar-refractivity contribution < 1.29 is 13.3 Å². The van der Waals surface area contributed by atoms with E-state index in [0.29, 0.717) is 13.2 Å². The van der Waals surface area contributed by atoms with Gasteiger partial charge in [0.2, 0.25) is 0 Å². The molecular weight excluding hydrogens is 178 g/mol. The van der Waals surface area contributed by atoms with Crippen LogP contribution in [0.5, 0.6) is 0 Å². The van der Waals surface area contributed by atoms with Gasteiger partial charge in [-0.1, -0.05) is 0 Å². The van der Waals surface area contributed by atoms with E-state index in [4.69, 9.17) is 4.84 Å². The van der Waals surface area contributed by atoms with E-state index in [9.17, 15) is 8.42 Å². The Labute approximate surface area is 72.4 Å². The third kappa shape index (κ3) is 0.932. The van der Waals surface area contributed by atoms with Gasteiger partial charge in [-0.2, -0.15) is 5.06 Å². The van der Waals surface area contributed by atoms with Gasteiger partial charge in [-0.3, -0.25) is 4.84 Å². The monoisotopic (exact) mass is 191 g/mol. The molecular formula is C7H13NO3S. The summed E-state index contributed by atoms with van der Waals surface area (Å²) < 4.78 is 23.1. The van der Waals surface area contributed by atoms with Crippen molar-refractivity contribution in [2.24, 2.45) is 0 Å². The van der Waals surface area contributed by atoms with Crippen LogP contribution in [-0.4, -0.2) is 43.2 Å². The number of nitrogens with zero attached hydrogens (tertiary/aromatic N) is 1. The van der Waals surface area contributed by atoms with Gasteiger partial charge in [-0.05, 0) is 13.8 Å². The van der Waals surface area contributed by atoms with Gasteiger partial charge in [-0.25, -0.2) is 8.42 Å². The van der Waals surface area contributed by atoms with Gasteiger partial charge in [0, 0.05) is 6.54 Å². The van der Waals surface area contributed by atoms with Crippen LogP contribution in [0.25, 0.3) is 0 Å². The standard InChI is InChI=1S/C7H13NO3S/c1-7(2)6-5-11-8(7)3-4-12(6,9)10/h6H,3-5H2,1-2H3. The maximum absolute atomic E-state index is 11.5. The number of hydroxylamine groups is 2. The van der Waals surface area contributed by atoms with Crippen LogP contribution in [0.2, 0.25) is 0 Å². The quantitative estimate of drug-likeness (QED) is 0.532. The van der Waals surface area contributed by atoms with Crippen LogP contribution in [0, 0.1) is 0 Å². The van der Waals surface area contributed by atoms with Crippen molar-refractivity contribution in [3.63, 3.8) is 0 Å². The Morgan fingerprint density at radius 1 is 1.50 bits per heavy atom. The van der Waals surface area contributed by atoms with Gasteiger partial charge in [0.25, 0.3) is 0 Å². The Bertz CT molecular complexity index is 296. The first-order valence-corrected chi connectivity index (χ1v) is 5.78. The highest BCUT2D eigenvalue weighted by Gasteiger charge is 2.53. The van der Waals surface area contributed by atoms with Crippen LogP contribution in [-0.2, 0) is 14.7 Å². The fourth-order valence-corrected chi connectivity index (χ4v) is 3.91. The van der Waals surface area contributed by atoms with Gasteiger partial charge in [0.05, 0.1) is 17.9 Å². The summed E-state index contributed by atoms with van der Waals surface area (Å²) in [5.74, 6) is 0.237. The molecule has 2 unspecified atom stereocenters. The minimum atomic E-state index is -2.91. The Morgan fingerprint density at radius 2 is 2.17 bits per heavy atom. The Kier molecular flexibility index (Phi) is 1.56. The van der Waals surface area contributed by atoms with Gasteiger partial charge < -0.3 is 0 Å². The molecule has 0 N–H and O–H groups in total. The van der Waals surface area contributed by atoms with E-state index in [-0.39, 0.29) is 16.5 Å². The van der Waals surface area contributed by atoms with E-state index in [1.165, 1.54) is 0 Å². The van der Waals surface area contributed by atoms with Crippen molar-refractivity contribution in [1.29, 1.82) is 0 Å². The molecule has 2 aliphatic rings. The molecule has 2 aliphatic heterocycles. The molecule has 0 aromatic rings. The minimum Gasteiger partial charge on any atom is -0.297 e. The number of sulfone groups is 1. The molecule has 0 aromatic heterocycles. The maximum Gasteiger partial charge on any atom is 0.158 e. The van der Waals surface area contributed by atoms with Crippen molar-refractivity contribution in [3.05, 3.63) is 0 Å². The fraction of sp³-hybridized carbons (Fsp3) is 1.00. The average Bonchev–Trinajstić information content (AvgIpc) is 2.08. The van der Waals surface area contributed by atoms with E-state index in [1.54, 1.807) is 5.06 Å². The molecule has 2 rings (SSSR count). The highest BCUT2D eigenvalue weighted by Crippen LogP contribution is 2.35. The molecule has 0 amide bonds. The molecule has 2 fully saturated rings. The van der Waals surface area contributed by atoms with Crippen LogP contribution in [0.3, 0.4) is 0 Å². The van der Waals surface area contributed by atoms with Crippen molar-refractivity contribution in [1.82, 2.24) is 5.06 Å². The molecule has 2 saturated heterocycles. The fourth-order valence-electron chi connectivity index (χ4n) is 1.94. The molecule has 70 valence electrons.